The number of carbonyl (C=O) groups is 2. The summed E-state index contributed by atoms with van der Waals surface area (Å²) in [7, 11) is 0. The number of halogens is 3. The molecule has 4 aromatic rings. The van der Waals surface area contributed by atoms with Gasteiger partial charge in [-0.2, -0.15) is 0 Å². The molecular weight excluding hydrogens is 581 g/mol. The number of phenols is 1. The molecule has 0 bridgehead atoms. The molecule has 0 radical (unpaired) electrons. The van der Waals surface area contributed by atoms with Crippen LogP contribution < -0.4 is 10.9 Å². The lowest BCUT2D eigenvalue weighted by Gasteiger charge is -2.21. The van der Waals surface area contributed by atoms with Crippen molar-refractivity contribution >= 4 is 57.8 Å². The monoisotopic (exact) mass is 601 g/mol. The number of fused-ring (bicyclic) bond motifs is 4. The predicted octanol–water partition coefficient (Wildman–Crippen LogP) is 5.86. The number of amides is 1. The van der Waals surface area contributed by atoms with E-state index in [1.807, 2.05) is 48.5 Å². The van der Waals surface area contributed by atoms with Gasteiger partial charge in [0.05, 0.1) is 0 Å². The number of alkyl carbamates (subject to hydrolysis) is 1. The van der Waals surface area contributed by atoms with Gasteiger partial charge in [-0.1, -0.05) is 83.3 Å². The van der Waals surface area contributed by atoms with Crippen LogP contribution in [-0.2, 0) is 20.7 Å². The lowest BCUT2D eigenvalue weighted by atomic mass is 9.98. The first-order chi connectivity index (χ1) is 19.1. The van der Waals surface area contributed by atoms with Crippen LogP contribution in [0.3, 0.4) is 0 Å². The summed E-state index contributed by atoms with van der Waals surface area (Å²) in [5, 5.41) is 12.7. The van der Waals surface area contributed by atoms with Gasteiger partial charge in [0, 0.05) is 29.9 Å². The van der Waals surface area contributed by atoms with Crippen LogP contribution in [0.4, 0.5) is 4.79 Å². The molecule has 8 nitrogen and oxygen atoms in total. The second-order valence-electron chi connectivity index (χ2n) is 9.22. The van der Waals surface area contributed by atoms with Crippen molar-refractivity contribution in [3.05, 3.63) is 99.9 Å². The molecule has 1 aliphatic carbocycles. The fraction of sp³-hybridized carbons (Fsp3) is 0.207. The zero-order valence-electron chi connectivity index (χ0n) is 20.7. The summed E-state index contributed by atoms with van der Waals surface area (Å²) in [6.07, 6.45) is -1.04. The Kier molecular flexibility index (Phi) is 7.94. The molecule has 11 heteroatoms. The van der Waals surface area contributed by atoms with E-state index in [4.69, 9.17) is 48.7 Å². The van der Waals surface area contributed by atoms with Gasteiger partial charge in [0.2, 0.25) is 3.79 Å². The van der Waals surface area contributed by atoms with Crippen molar-refractivity contribution in [2.45, 2.75) is 22.2 Å². The molecule has 0 aliphatic heterocycles. The molecule has 3 aromatic carbocycles. The van der Waals surface area contributed by atoms with E-state index in [0.717, 1.165) is 22.3 Å². The highest BCUT2D eigenvalue weighted by atomic mass is 35.6. The first kappa shape index (κ1) is 27.8. The van der Waals surface area contributed by atoms with E-state index in [1.165, 1.54) is 24.3 Å². The van der Waals surface area contributed by atoms with Gasteiger partial charge in [0.1, 0.15) is 30.6 Å². The molecule has 1 amide bonds. The van der Waals surface area contributed by atoms with Gasteiger partial charge in [0.15, 0.2) is 0 Å². The van der Waals surface area contributed by atoms with Crippen molar-refractivity contribution < 1.29 is 28.6 Å². The highest BCUT2D eigenvalue weighted by molar-refractivity contribution is 6.67. The number of aromatic hydroxyl groups is 1. The predicted molar refractivity (Wildman–Crippen MR) is 151 cm³/mol. The Bertz CT molecular complexity index is 1600. The minimum atomic E-state index is -1.87. The minimum absolute atomic E-state index is 0.0207. The Morgan fingerprint density at radius 1 is 0.950 bits per heavy atom. The molecule has 5 rings (SSSR count). The van der Waals surface area contributed by atoms with Gasteiger partial charge in [-0.15, -0.1) is 0 Å². The van der Waals surface area contributed by atoms with Crippen LogP contribution in [0.2, 0.25) is 0 Å². The summed E-state index contributed by atoms with van der Waals surface area (Å²) in [6, 6.07) is 19.9. The fourth-order valence-corrected chi connectivity index (χ4v) is 5.00. The first-order valence-corrected chi connectivity index (χ1v) is 13.3. The normalized spacial score (nSPS) is 13.4. The molecule has 2 N–H and O–H groups in total. The summed E-state index contributed by atoms with van der Waals surface area (Å²) in [4.78, 5) is 38.1. The van der Waals surface area contributed by atoms with Crippen LogP contribution >= 0.6 is 34.8 Å². The third-order valence-electron chi connectivity index (χ3n) is 6.54. The Morgan fingerprint density at radius 2 is 1.60 bits per heavy atom. The van der Waals surface area contributed by atoms with Gasteiger partial charge in [0.25, 0.3) is 0 Å². The quantitative estimate of drug-likeness (QED) is 0.155. The third-order valence-corrected chi connectivity index (χ3v) is 6.86. The Hall–Kier alpha value is -3.72. The topological polar surface area (TPSA) is 115 Å². The van der Waals surface area contributed by atoms with Crippen molar-refractivity contribution in [1.82, 2.24) is 5.32 Å². The van der Waals surface area contributed by atoms with Crippen LogP contribution in [0.15, 0.2) is 82.0 Å². The number of benzene rings is 3. The SMILES string of the molecule is O=C(N[C@@H](Cc1cc(=O)oc2cc(O)ccc12)C(=O)OCC(Cl)(Cl)Cl)OCC1c2ccccc2-c2ccccc21. The van der Waals surface area contributed by atoms with Gasteiger partial charge in [-0.3, -0.25) is 0 Å². The van der Waals surface area contributed by atoms with E-state index in [0.29, 0.717) is 10.9 Å². The number of esters is 1. The van der Waals surface area contributed by atoms with Crippen molar-refractivity contribution in [3.63, 3.8) is 0 Å². The molecule has 1 heterocycles. The summed E-state index contributed by atoms with van der Waals surface area (Å²) in [6.45, 7) is -0.544. The average Bonchev–Trinajstić information content (AvgIpc) is 3.23. The molecule has 0 unspecified atom stereocenters. The number of carbonyl (C=O) groups excluding carboxylic acids is 2. The van der Waals surface area contributed by atoms with E-state index in [1.54, 1.807) is 0 Å². The van der Waals surface area contributed by atoms with Gasteiger partial charge < -0.3 is 24.3 Å². The highest BCUT2D eigenvalue weighted by Gasteiger charge is 2.31. The smallest absolute Gasteiger partial charge is 0.407 e. The Labute approximate surface area is 243 Å². The third kappa shape index (κ3) is 6.20. The van der Waals surface area contributed by atoms with Gasteiger partial charge in [-0.05, 0) is 39.9 Å². The zero-order chi connectivity index (χ0) is 28.4. The number of hydrogen-bond donors (Lipinski definition) is 2. The van der Waals surface area contributed by atoms with E-state index in [9.17, 15) is 19.5 Å². The summed E-state index contributed by atoms with van der Waals surface area (Å²) >= 11 is 17.2. The summed E-state index contributed by atoms with van der Waals surface area (Å²) in [5.74, 6) is -1.20. The molecule has 206 valence electrons. The number of hydrogen-bond acceptors (Lipinski definition) is 7. The van der Waals surface area contributed by atoms with E-state index in [-0.39, 0.29) is 30.3 Å². The molecular formula is C29H22Cl3NO7. The van der Waals surface area contributed by atoms with Crippen molar-refractivity contribution in [2.75, 3.05) is 13.2 Å². The van der Waals surface area contributed by atoms with E-state index >= 15 is 0 Å². The van der Waals surface area contributed by atoms with Gasteiger partial charge in [-0.25, -0.2) is 14.4 Å². The summed E-state index contributed by atoms with van der Waals surface area (Å²) < 4.78 is 14.0. The number of nitrogens with one attached hydrogen (secondary N) is 1. The van der Waals surface area contributed by atoms with Crippen LogP contribution in [0.1, 0.15) is 22.6 Å². The van der Waals surface area contributed by atoms with Crippen molar-refractivity contribution in [2.24, 2.45) is 0 Å². The number of alkyl halides is 3. The second-order valence-corrected chi connectivity index (χ2v) is 11.7. The van der Waals surface area contributed by atoms with E-state index in [2.05, 4.69) is 5.32 Å². The molecule has 1 aliphatic rings. The van der Waals surface area contributed by atoms with Gasteiger partial charge >= 0.3 is 17.7 Å². The standard InChI is InChI=1S/C29H22Cl3NO7/c30-29(31,32)15-39-27(36)24(11-16-12-26(35)40-25-13-17(34)9-10-18(16)25)33-28(37)38-14-23-21-7-3-1-5-19(21)20-6-2-4-8-22(20)23/h1-10,12-13,23-24,34H,11,14-15H2,(H,33,37)/t24-/m0/s1. The molecule has 40 heavy (non-hydrogen) atoms. The lowest BCUT2D eigenvalue weighted by Crippen LogP contribution is -2.44. The minimum Gasteiger partial charge on any atom is -0.508 e. The Morgan fingerprint density at radius 3 is 2.25 bits per heavy atom. The molecule has 0 spiro atoms. The molecule has 0 saturated heterocycles. The van der Waals surface area contributed by atoms with Crippen LogP contribution in [-0.4, -0.2) is 40.2 Å². The number of phenolic OH excluding ortho intramolecular Hbond substituents is 1. The molecule has 0 saturated carbocycles. The number of rotatable bonds is 7. The highest BCUT2D eigenvalue weighted by Crippen LogP contribution is 2.44. The van der Waals surface area contributed by atoms with Crippen molar-refractivity contribution in [3.8, 4) is 16.9 Å². The first-order valence-electron chi connectivity index (χ1n) is 12.2. The van der Waals surface area contributed by atoms with Crippen molar-refractivity contribution in [1.29, 1.82) is 0 Å². The lowest BCUT2D eigenvalue weighted by molar-refractivity contribution is -0.145. The largest absolute Gasteiger partial charge is 0.508 e. The molecule has 1 atom stereocenters. The van der Waals surface area contributed by atoms with Crippen LogP contribution in [0.25, 0.3) is 22.1 Å². The zero-order valence-corrected chi connectivity index (χ0v) is 23.0. The molecule has 1 aromatic heterocycles. The maximum atomic E-state index is 13.0. The fourth-order valence-electron chi connectivity index (χ4n) is 4.84. The number of ether oxygens (including phenoxy) is 2. The summed E-state index contributed by atoms with van der Waals surface area (Å²) in [5.41, 5.74) is 3.96. The molecule has 0 fully saturated rings. The van der Waals surface area contributed by atoms with E-state index < -0.39 is 34.1 Å². The van der Waals surface area contributed by atoms with Crippen LogP contribution in [0, 0.1) is 0 Å². The maximum absolute atomic E-state index is 13.0. The average molecular weight is 603 g/mol. The Balaban J connectivity index is 1.36. The maximum Gasteiger partial charge on any atom is 0.407 e. The second kappa shape index (κ2) is 11.4. The van der Waals surface area contributed by atoms with Crippen LogP contribution in [0.5, 0.6) is 5.75 Å².